The molecule has 53 valence electrons. The number of nitrogens with zero attached hydrogens (tertiary/aromatic N) is 1. The molecular weight excluding hydrogens is 124 g/mol. The summed E-state index contributed by atoms with van der Waals surface area (Å²) in [5.74, 6) is 0. The molecule has 1 aromatic heterocycles. The standard InChI is InChI=1S/C8H11N2/c1-3-10-8-6-9-5-4-7(8)2/h4-5,10H,3H2,1-2H3. The van der Waals surface area contributed by atoms with Crippen molar-refractivity contribution in [1.29, 1.82) is 0 Å². The van der Waals surface area contributed by atoms with E-state index < -0.39 is 0 Å². The Kier molecular flexibility index (Phi) is 2.26. The van der Waals surface area contributed by atoms with Gasteiger partial charge >= 0.3 is 0 Å². The number of pyridine rings is 1. The monoisotopic (exact) mass is 135 g/mol. The van der Waals surface area contributed by atoms with Crippen LogP contribution in [0.15, 0.2) is 12.3 Å². The largest absolute Gasteiger partial charge is 0.383 e. The molecule has 0 unspecified atom stereocenters. The van der Waals surface area contributed by atoms with E-state index in [2.05, 4.69) is 23.4 Å². The summed E-state index contributed by atoms with van der Waals surface area (Å²) in [4.78, 5) is 3.88. The Balaban J connectivity index is 2.81. The van der Waals surface area contributed by atoms with E-state index in [4.69, 9.17) is 0 Å². The molecule has 1 radical (unpaired) electrons. The minimum absolute atomic E-state index is 0.920. The van der Waals surface area contributed by atoms with Crippen LogP contribution < -0.4 is 5.32 Å². The zero-order valence-electron chi connectivity index (χ0n) is 6.31. The second kappa shape index (κ2) is 3.20. The summed E-state index contributed by atoms with van der Waals surface area (Å²) in [5, 5.41) is 3.16. The average Bonchev–Trinajstić information content (AvgIpc) is 1.94. The molecule has 10 heavy (non-hydrogen) atoms. The van der Waals surface area contributed by atoms with E-state index in [0.717, 1.165) is 12.2 Å². The van der Waals surface area contributed by atoms with E-state index >= 15 is 0 Å². The van der Waals surface area contributed by atoms with Crippen LogP contribution in [0.1, 0.15) is 12.5 Å². The van der Waals surface area contributed by atoms with Crippen molar-refractivity contribution in [3.8, 4) is 0 Å². The van der Waals surface area contributed by atoms with Crippen LogP contribution in [0.4, 0.5) is 5.69 Å². The molecule has 0 aliphatic carbocycles. The van der Waals surface area contributed by atoms with Crippen LogP contribution in [-0.4, -0.2) is 11.5 Å². The Hall–Kier alpha value is -1.05. The lowest BCUT2D eigenvalue weighted by atomic mass is 10.2. The van der Waals surface area contributed by atoms with Crippen molar-refractivity contribution in [3.63, 3.8) is 0 Å². The first-order valence-corrected chi connectivity index (χ1v) is 3.41. The third-order valence-corrected chi connectivity index (χ3v) is 1.32. The first kappa shape index (κ1) is 7.06. The molecule has 0 saturated heterocycles. The highest BCUT2D eigenvalue weighted by atomic mass is 14.9. The zero-order valence-corrected chi connectivity index (χ0v) is 6.31. The number of aryl methyl sites for hydroxylation is 1. The van der Waals surface area contributed by atoms with Crippen molar-refractivity contribution in [3.05, 3.63) is 24.0 Å². The van der Waals surface area contributed by atoms with Gasteiger partial charge in [0.1, 0.15) is 6.20 Å². The van der Waals surface area contributed by atoms with Crippen molar-refractivity contribution < 1.29 is 0 Å². The van der Waals surface area contributed by atoms with Crippen molar-refractivity contribution in [2.75, 3.05) is 11.9 Å². The third kappa shape index (κ3) is 1.47. The maximum atomic E-state index is 3.88. The Morgan fingerprint density at radius 3 is 3.10 bits per heavy atom. The van der Waals surface area contributed by atoms with Gasteiger partial charge < -0.3 is 5.32 Å². The second-order valence-electron chi connectivity index (χ2n) is 2.14. The SMILES string of the molecule is CCNc1[c]nccc1C. The van der Waals surface area contributed by atoms with Crippen molar-refractivity contribution in [2.45, 2.75) is 13.8 Å². The van der Waals surface area contributed by atoms with Crippen LogP contribution in [0.25, 0.3) is 0 Å². The van der Waals surface area contributed by atoms with Gasteiger partial charge in [-0.2, -0.15) is 0 Å². The van der Waals surface area contributed by atoms with E-state index in [0.29, 0.717) is 0 Å². The lowest BCUT2D eigenvalue weighted by molar-refractivity contribution is 1.17. The van der Waals surface area contributed by atoms with Crippen LogP contribution in [0.3, 0.4) is 0 Å². The van der Waals surface area contributed by atoms with Gasteiger partial charge in [-0.05, 0) is 25.5 Å². The summed E-state index contributed by atoms with van der Waals surface area (Å²) in [6.45, 7) is 5.01. The van der Waals surface area contributed by atoms with Gasteiger partial charge in [-0.1, -0.05) is 0 Å². The minimum atomic E-state index is 0.920. The Bertz CT molecular complexity index is 208. The molecule has 0 bridgehead atoms. The van der Waals surface area contributed by atoms with Gasteiger partial charge in [0, 0.05) is 12.7 Å². The van der Waals surface area contributed by atoms with Crippen LogP contribution in [0.5, 0.6) is 0 Å². The fourth-order valence-electron chi connectivity index (χ4n) is 0.778. The molecule has 0 saturated carbocycles. The third-order valence-electron chi connectivity index (χ3n) is 1.32. The maximum Gasteiger partial charge on any atom is 0.114 e. The number of hydrogen-bond donors (Lipinski definition) is 1. The second-order valence-corrected chi connectivity index (χ2v) is 2.14. The summed E-state index contributed by atoms with van der Waals surface area (Å²) >= 11 is 0. The zero-order chi connectivity index (χ0) is 7.40. The smallest absolute Gasteiger partial charge is 0.114 e. The van der Waals surface area contributed by atoms with E-state index in [1.165, 1.54) is 5.56 Å². The van der Waals surface area contributed by atoms with E-state index in [9.17, 15) is 0 Å². The Morgan fingerprint density at radius 2 is 2.50 bits per heavy atom. The van der Waals surface area contributed by atoms with Crippen molar-refractivity contribution in [1.82, 2.24) is 4.98 Å². The summed E-state index contributed by atoms with van der Waals surface area (Å²) in [6, 6.07) is 1.97. The molecule has 0 spiro atoms. The van der Waals surface area contributed by atoms with Crippen molar-refractivity contribution in [2.24, 2.45) is 0 Å². The number of nitrogens with one attached hydrogen (secondary N) is 1. The summed E-state index contributed by atoms with van der Waals surface area (Å²) in [6.07, 6.45) is 4.62. The molecule has 1 aromatic rings. The summed E-state index contributed by atoms with van der Waals surface area (Å²) in [7, 11) is 0. The quantitative estimate of drug-likeness (QED) is 0.666. The molecule has 2 nitrogen and oxygen atoms in total. The highest BCUT2D eigenvalue weighted by molar-refractivity contribution is 5.46. The maximum absolute atomic E-state index is 3.88. The van der Waals surface area contributed by atoms with E-state index in [1.54, 1.807) is 6.20 Å². The summed E-state index contributed by atoms with van der Waals surface area (Å²) < 4.78 is 0. The molecule has 0 aliphatic rings. The number of rotatable bonds is 2. The average molecular weight is 135 g/mol. The van der Waals surface area contributed by atoms with Gasteiger partial charge in [-0.25, -0.2) is 0 Å². The van der Waals surface area contributed by atoms with Gasteiger partial charge in [0.2, 0.25) is 0 Å². The fourth-order valence-corrected chi connectivity index (χ4v) is 0.778. The minimum Gasteiger partial charge on any atom is -0.383 e. The Labute approximate surface area is 61.3 Å². The number of anilines is 1. The molecule has 1 rings (SSSR count). The Morgan fingerprint density at radius 1 is 1.70 bits per heavy atom. The molecule has 0 aromatic carbocycles. The molecule has 2 heteroatoms. The molecule has 1 heterocycles. The van der Waals surface area contributed by atoms with Gasteiger partial charge in [-0.3, -0.25) is 4.98 Å². The van der Waals surface area contributed by atoms with Gasteiger partial charge in [0.15, 0.2) is 0 Å². The highest BCUT2D eigenvalue weighted by Crippen LogP contribution is 2.09. The summed E-state index contributed by atoms with van der Waals surface area (Å²) in [5.41, 5.74) is 2.20. The molecule has 1 N–H and O–H groups in total. The van der Waals surface area contributed by atoms with Crippen molar-refractivity contribution >= 4 is 5.69 Å². The van der Waals surface area contributed by atoms with Gasteiger partial charge in [0.05, 0.1) is 5.69 Å². The molecule has 0 amide bonds. The molecular formula is C8H11N2. The molecule has 0 aliphatic heterocycles. The topological polar surface area (TPSA) is 24.9 Å². The van der Waals surface area contributed by atoms with Crippen LogP contribution in [0.2, 0.25) is 0 Å². The number of aromatic nitrogens is 1. The highest BCUT2D eigenvalue weighted by Gasteiger charge is 1.92. The van der Waals surface area contributed by atoms with Crippen LogP contribution in [0, 0.1) is 13.1 Å². The van der Waals surface area contributed by atoms with Gasteiger partial charge in [-0.15, -0.1) is 0 Å². The first-order valence-electron chi connectivity index (χ1n) is 3.41. The normalized spacial score (nSPS) is 9.40. The molecule has 0 fully saturated rings. The van der Waals surface area contributed by atoms with E-state index in [1.807, 2.05) is 13.0 Å². The lowest BCUT2D eigenvalue weighted by Gasteiger charge is -2.03. The fraction of sp³-hybridized carbons (Fsp3) is 0.375. The van der Waals surface area contributed by atoms with Crippen LogP contribution >= 0.6 is 0 Å². The first-order chi connectivity index (χ1) is 4.84. The van der Waals surface area contributed by atoms with E-state index in [-0.39, 0.29) is 0 Å². The predicted octanol–water partition coefficient (Wildman–Crippen LogP) is 1.62. The molecule has 0 atom stereocenters. The lowest BCUT2D eigenvalue weighted by Crippen LogP contribution is -1.98. The number of hydrogen-bond acceptors (Lipinski definition) is 2. The van der Waals surface area contributed by atoms with Gasteiger partial charge in [0.25, 0.3) is 0 Å². The van der Waals surface area contributed by atoms with Crippen LogP contribution in [-0.2, 0) is 0 Å². The predicted molar refractivity (Wildman–Crippen MR) is 42.0 cm³/mol.